The highest BCUT2D eigenvalue weighted by molar-refractivity contribution is 5.76. The van der Waals surface area contributed by atoms with E-state index >= 15 is 0 Å². The van der Waals surface area contributed by atoms with Crippen LogP contribution < -0.4 is 4.74 Å². The third-order valence-electron chi connectivity index (χ3n) is 6.45. The molecule has 0 bridgehead atoms. The molecule has 1 atom stereocenters. The second-order valence-corrected chi connectivity index (χ2v) is 9.68. The van der Waals surface area contributed by atoms with Crippen LogP contribution in [0, 0.1) is 0 Å². The summed E-state index contributed by atoms with van der Waals surface area (Å²) in [6.45, 7) is 4.89. The van der Waals surface area contributed by atoms with Crippen molar-refractivity contribution in [2.24, 2.45) is 0 Å². The zero-order valence-corrected chi connectivity index (χ0v) is 24.3. The van der Waals surface area contributed by atoms with Crippen molar-refractivity contribution in [3.05, 3.63) is 143 Å². The Labute approximate surface area is 249 Å². The Morgan fingerprint density at radius 2 is 1.17 bits per heavy atom. The maximum Gasteiger partial charge on any atom is 0.335 e. The summed E-state index contributed by atoms with van der Waals surface area (Å²) in [7, 11) is 0. The van der Waals surface area contributed by atoms with Gasteiger partial charge in [-0.3, -0.25) is 0 Å². The summed E-state index contributed by atoms with van der Waals surface area (Å²) < 4.78 is 16.7. The number of benzene rings is 4. The Kier molecular flexibility index (Phi) is 11.9. The minimum Gasteiger partial charge on any atom is -0.490 e. The van der Waals surface area contributed by atoms with Crippen LogP contribution in [0.25, 0.3) is 30.4 Å². The summed E-state index contributed by atoms with van der Waals surface area (Å²) in [5, 5.41) is 0. The summed E-state index contributed by atoms with van der Waals surface area (Å²) in [6.07, 6.45) is 12.5. The van der Waals surface area contributed by atoms with E-state index in [1.54, 1.807) is 6.92 Å². The molecule has 0 aromatic heterocycles. The fourth-order valence-corrected chi connectivity index (χ4v) is 4.42. The molecule has 0 aliphatic carbocycles. The second-order valence-electron chi connectivity index (χ2n) is 9.68. The molecule has 42 heavy (non-hydrogen) atoms. The SMILES string of the molecule is CCOC(=O)[C@H](Cc1ccc(OC/C=C/c2cc(/C=C/c3ccccc3)cc(/C=C/c3ccccc3)c2)cc1)OCC. The Balaban J connectivity index is 1.41. The van der Waals surface area contributed by atoms with E-state index in [-0.39, 0.29) is 5.97 Å². The first kappa shape index (κ1) is 30.3. The predicted molar refractivity (Wildman–Crippen MR) is 174 cm³/mol. The molecule has 4 heteroatoms. The molecule has 0 radical (unpaired) electrons. The van der Waals surface area contributed by atoms with E-state index in [1.165, 1.54) is 0 Å². The highest BCUT2D eigenvalue weighted by Gasteiger charge is 2.20. The topological polar surface area (TPSA) is 44.8 Å². The van der Waals surface area contributed by atoms with Gasteiger partial charge < -0.3 is 14.2 Å². The van der Waals surface area contributed by atoms with Crippen molar-refractivity contribution < 1.29 is 19.0 Å². The number of carbonyl (C=O) groups is 1. The Morgan fingerprint density at radius 3 is 1.69 bits per heavy atom. The lowest BCUT2D eigenvalue weighted by Crippen LogP contribution is -2.28. The monoisotopic (exact) mass is 558 g/mol. The fraction of sp³-hybridized carbons (Fsp3) is 0.184. The molecule has 4 aromatic carbocycles. The molecule has 214 valence electrons. The predicted octanol–water partition coefficient (Wildman–Crippen LogP) is 8.63. The van der Waals surface area contributed by atoms with Crippen LogP contribution in [0.2, 0.25) is 0 Å². The van der Waals surface area contributed by atoms with Gasteiger partial charge in [-0.05, 0) is 83.6 Å². The van der Waals surface area contributed by atoms with Gasteiger partial charge in [0.2, 0.25) is 0 Å². The molecule has 0 unspecified atom stereocenters. The van der Waals surface area contributed by atoms with Crippen LogP contribution in [0.4, 0.5) is 0 Å². The second kappa shape index (κ2) is 16.6. The summed E-state index contributed by atoms with van der Waals surface area (Å²) in [5.74, 6) is 0.432. The van der Waals surface area contributed by atoms with Crippen LogP contribution in [0.1, 0.15) is 47.2 Å². The van der Waals surface area contributed by atoms with Gasteiger partial charge in [0.05, 0.1) is 6.61 Å². The maximum atomic E-state index is 12.2. The molecule has 0 saturated heterocycles. The number of hydrogen-bond donors (Lipinski definition) is 0. The number of carbonyl (C=O) groups excluding carboxylic acids is 1. The van der Waals surface area contributed by atoms with Crippen molar-refractivity contribution in [2.45, 2.75) is 26.4 Å². The van der Waals surface area contributed by atoms with E-state index in [4.69, 9.17) is 14.2 Å². The number of ether oxygens (including phenoxy) is 3. The van der Waals surface area contributed by atoms with Crippen LogP contribution in [-0.2, 0) is 20.7 Å². The third kappa shape index (κ3) is 10.1. The highest BCUT2D eigenvalue weighted by atomic mass is 16.6. The molecule has 4 aromatic rings. The third-order valence-corrected chi connectivity index (χ3v) is 6.45. The van der Waals surface area contributed by atoms with Gasteiger partial charge >= 0.3 is 5.97 Å². The lowest BCUT2D eigenvalue weighted by Gasteiger charge is -2.15. The molecule has 0 aliphatic heterocycles. The minimum absolute atomic E-state index is 0.330. The van der Waals surface area contributed by atoms with Crippen LogP contribution in [-0.4, -0.2) is 31.9 Å². The first-order chi connectivity index (χ1) is 20.6. The van der Waals surface area contributed by atoms with Gasteiger partial charge in [0.25, 0.3) is 0 Å². The van der Waals surface area contributed by atoms with Crippen molar-refractivity contribution in [2.75, 3.05) is 19.8 Å². The minimum atomic E-state index is -0.601. The van der Waals surface area contributed by atoms with E-state index in [2.05, 4.69) is 72.8 Å². The highest BCUT2D eigenvalue weighted by Crippen LogP contribution is 2.19. The number of rotatable bonds is 14. The average Bonchev–Trinajstić information content (AvgIpc) is 3.03. The molecule has 4 nitrogen and oxygen atoms in total. The van der Waals surface area contributed by atoms with E-state index in [9.17, 15) is 4.79 Å². The van der Waals surface area contributed by atoms with Crippen molar-refractivity contribution in [3.8, 4) is 5.75 Å². The van der Waals surface area contributed by atoms with Gasteiger partial charge in [0.1, 0.15) is 12.4 Å². The Bertz CT molecular complexity index is 1400. The zero-order valence-electron chi connectivity index (χ0n) is 24.3. The van der Waals surface area contributed by atoms with Crippen molar-refractivity contribution in [1.82, 2.24) is 0 Å². The number of esters is 1. The summed E-state index contributed by atoms with van der Waals surface area (Å²) >= 11 is 0. The summed E-state index contributed by atoms with van der Waals surface area (Å²) in [4.78, 5) is 12.2. The molecular weight excluding hydrogens is 520 g/mol. The van der Waals surface area contributed by atoms with Gasteiger partial charge in [-0.15, -0.1) is 0 Å². The standard InChI is InChI=1S/C38H38O4/c1-3-40-37(38(39)41-4-2)29-32-21-23-36(24-22-32)42-25-11-16-33-26-34(19-17-30-12-7-5-8-13-30)28-35(27-33)20-18-31-14-9-6-10-15-31/h5-24,26-28,37H,3-4,25,29H2,1-2H3/b16-11+,19-17+,20-18+/t37-/m0/s1. The first-order valence-corrected chi connectivity index (χ1v) is 14.4. The molecule has 0 saturated carbocycles. The smallest absolute Gasteiger partial charge is 0.335 e. The number of hydrogen-bond acceptors (Lipinski definition) is 4. The van der Waals surface area contributed by atoms with E-state index in [1.807, 2.05) is 73.7 Å². The normalized spacial score (nSPS) is 12.2. The molecule has 0 spiro atoms. The van der Waals surface area contributed by atoms with Gasteiger partial charge in [-0.25, -0.2) is 4.79 Å². The van der Waals surface area contributed by atoms with Crippen LogP contribution in [0.3, 0.4) is 0 Å². The maximum absolute atomic E-state index is 12.2. The van der Waals surface area contributed by atoms with Crippen molar-refractivity contribution in [3.63, 3.8) is 0 Å². The lowest BCUT2D eigenvalue weighted by atomic mass is 10.0. The van der Waals surface area contributed by atoms with Crippen LogP contribution in [0.15, 0.2) is 109 Å². The molecular formula is C38H38O4. The van der Waals surface area contributed by atoms with Gasteiger partial charge in [0, 0.05) is 13.0 Å². The quantitative estimate of drug-likeness (QED) is 0.115. The van der Waals surface area contributed by atoms with E-state index in [0.29, 0.717) is 26.2 Å². The molecule has 0 N–H and O–H groups in total. The van der Waals surface area contributed by atoms with Gasteiger partial charge in [-0.1, -0.05) is 103 Å². The summed E-state index contributed by atoms with van der Waals surface area (Å²) in [6, 6.07) is 34.9. The zero-order chi connectivity index (χ0) is 29.4. The van der Waals surface area contributed by atoms with Gasteiger partial charge in [-0.2, -0.15) is 0 Å². The molecule has 0 amide bonds. The fourth-order valence-electron chi connectivity index (χ4n) is 4.42. The van der Waals surface area contributed by atoms with E-state index < -0.39 is 6.10 Å². The van der Waals surface area contributed by atoms with Crippen molar-refractivity contribution >= 4 is 36.3 Å². The van der Waals surface area contributed by atoms with E-state index in [0.717, 1.165) is 39.1 Å². The van der Waals surface area contributed by atoms with Gasteiger partial charge in [0.15, 0.2) is 6.10 Å². The molecule has 0 aliphatic rings. The Hall–Kier alpha value is -4.67. The first-order valence-electron chi connectivity index (χ1n) is 14.4. The molecule has 4 rings (SSSR count). The largest absolute Gasteiger partial charge is 0.490 e. The van der Waals surface area contributed by atoms with Crippen LogP contribution >= 0.6 is 0 Å². The lowest BCUT2D eigenvalue weighted by molar-refractivity contribution is -0.156. The van der Waals surface area contributed by atoms with Crippen LogP contribution in [0.5, 0.6) is 5.75 Å². The Morgan fingerprint density at radius 1 is 0.643 bits per heavy atom. The molecule has 0 heterocycles. The summed E-state index contributed by atoms with van der Waals surface area (Å²) in [5.41, 5.74) is 6.65. The average molecular weight is 559 g/mol. The van der Waals surface area contributed by atoms with Crippen molar-refractivity contribution in [1.29, 1.82) is 0 Å². The molecule has 0 fully saturated rings.